The van der Waals surface area contributed by atoms with E-state index in [0.29, 0.717) is 24.3 Å². The number of rotatable bonds is 7. The van der Waals surface area contributed by atoms with E-state index >= 15 is 0 Å². The molecular weight excluding hydrogens is 667 g/mol. The zero-order valence-corrected chi connectivity index (χ0v) is 24.2. The van der Waals surface area contributed by atoms with E-state index in [9.17, 15) is 19.2 Å². The molecule has 0 aromatic heterocycles. The van der Waals surface area contributed by atoms with E-state index in [1.807, 2.05) is 37.3 Å². The highest BCUT2D eigenvalue weighted by Gasteiger charge is 2.37. The first-order valence-corrected chi connectivity index (χ1v) is 13.4. The maximum atomic E-state index is 13.3. The molecule has 4 amide bonds. The third-order valence-electron chi connectivity index (χ3n) is 5.76. The summed E-state index contributed by atoms with van der Waals surface area (Å²) in [7, 11) is 1.26. The van der Waals surface area contributed by atoms with E-state index in [-0.39, 0.29) is 16.8 Å². The molecule has 3 aromatic rings. The van der Waals surface area contributed by atoms with E-state index in [1.165, 1.54) is 37.5 Å². The number of anilines is 1. The van der Waals surface area contributed by atoms with Crippen molar-refractivity contribution in [2.24, 2.45) is 0 Å². The molecule has 1 N–H and O–H groups in total. The molecule has 8 nitrogen and oxygen atoms in total. The molecule has 194 valence electrons. The van der Waals surface area contributed by atoms with Crippen LogP contribution in [0.4, 0.5) is 10.5 Å². The highest BCUT2D eigenvalue weighted by molar-refractivity contribution is 14.1. The van der Waals surface area contributed by atoms with Crippen molar-refractivity contribution >= 4 is 74.1 Å². The lowest BCUT2D eigenvalue weighted by atomic mass is 10.0. The van der Waals surface area contributed by atoms with Gasteiger partial charge >= 0.3 is 12.0 Å². The average molecular weight is 689 g/mol. The molecule has 0 spiro atoms. The summed E-state index contributed by atoms with van der Waals surface area (Å²) in [5.74, 6) is -1.50. The number of nitrogens with one attached hydrogen (secondary N) is 1. The molecular formula is C28H22BrIN2O6. The second-order valence-corrected chi connectivity index (χ2v) is 10.2. The van der Waals surface area contributed by atoms with Gasteiger partial charge in [0.25, 0.3) is 11.8 Å². The van der Waals surface area contributed by atoms with E-state index in [4.69, 9.17) is 4.74 Å². The van der Waals surface area contributed by atoms with Crippen molar-refractivity contribution in [3.8, 4) is 5.75 Å². The van der Waals surface area contributed by atoms with Gasteiger partial charge in [0.1, 0.15) is 11.3 Å². The van der Waals surface area contributed by atoms with E-state index < -0.39 is 23.8 Å². The van der Waals surface area contributed by atoms with Crippen LogP contribution < -0.4 is 15.0 Å². The number of imide groups is 2. The predicted molar refractivity (Wildman–Crippen MR) is 154 cm³/mol. The first-order chi connectivity index (χ1) is 18.2. The molecule has 0 radical (unpaired) electrons. The average Bonchev–Trinajstić information content (AvgIpc) is 2.89. The maximum Gasteiger partial charge on any atom is 0.337 e. The van der Waals surface area contributed by atoms with Crippen molar-refractivity contribution in [2.45, 2.75) is 13.3 Å². The van der Waals surface area contributed by atoms with Gasteiger partial charge in [-0.1, -0.05) is 34.1 Å². The second kappa shape index (κ2) is 11.9. The Hall–Kier alpha value is -3.51. The van der Waals surface area contributed by atoms with Gasteiger partial charge in [-0.25, -0.2) is 14.5 Å². The lowest BCUT2D eigenvalue weighted by Gasteiger charge is -2.26. The van der Waals surface area contributed by atoms with E-state index in [2.05, 4.69) is 48.6 Å². The first-order valence-electron chi connectivity index (χ1n) is 11.5. The third kappa shape index (κ3) is 5.81. The highest BCUT2D eigenvalue weighted by Crippen LogP contribution is 2.32. The number of halogens is 2. The zero-order valence-electron chi connectivity index (χ0n) is 20.4. The Morgan fingerprint density at radius 3 is 2.45 bits per heavy atom. The summed E-state index contributed by atoms with van der Waals surface area (Å²) in [5, 5.41) is 2.21. The number of barbiturate groups is 1. The summed E-state index contributed by atoms with van der Waals surface area (Å²) >= 11 is 5.80. The molecule has 1 saturated heterocycles. The Labute approximate surface area is 241 Å². The standard InChI is InChI=1S/C28H22BrIN2O6/c1-3-38-24-14-16(13-23(30)20(24)15-18-6-4-5-7-22(18)29)12-21-25(33)31-28(36)32(26(21)34)19-10-8-17(9-11-19)27(35)37-2/h4-14H,3,15H2,1-2H3,(H,31,33,36)/b21-12+. The van der Waals surface area contributed by atoms with Crippen LogP contribution in [0, 0.1) is 3.57 Å². The van der Waals surface area contributed by atoms with Gasteiger partial charge in [-0.15, -0.1) is 0 Å². The maximum absolute atomic E-state index is 13.3. The minimum atomic E-state index is -0.878. The fourth-order valence-corrected chi connectivity index (χ4v) is 5.17. The number of nitrogens with zero attached hydrogens (tertiary/aromatic N) is 1. The van der Waals surface area contributed by atoms with Gasteiger partial charge in [0.05, 0.1) is 25.0 Å². The normalized spacial score (nSPS) is 14.5. The minimum absolute atomic E-state index is 0.201. The monoisotopic (exact) mass is 688 g/mol. The fourth-order valence-electron chi connectivity index (χ4n) is 3.93. The lowest BCUT2D eigenvalue weighted by molar-refractivity contribution is -0.122. The van der Waals surface area contributed by atoms with Gasteiger partial charge < -0.3 is 9.47 Å². The molecule has 0 aliphatic carbocycles. The summed E-state index contributed by atoms with van der Waals surface area (Å²) in [6.07, 6.45) is 2.06. The second-order valence-electron chi connectivity index (χ2n) is 8.18. The number of hydrogen-bond donors (Lipinski definition) is 1. The molecule has 1 fully saturated rings. The third-order valence-corrected chi connectivity index (χ3v) is 7.50. The molecule has 10 heteroatoms. The molecule has 0 atom stereocenters. The quantitative estimate of drug-likeness (QED) is 0.152. The first kappa shape index (κ1) is 27.5. The Bertz CT molecular complexity index is 1470. The van der Waals surface area contributed by atoms with Crippen LogP contribution in [0.15, 0.2) is 70.7 Å². The number of methoxy groups -OCH3 is 1. The Balaban J connectivity index is 1.69. The van der Waals surface area contributed by atoms with Crippen LogP contribution in [0.5, 0.6) is 5.75 Å². The van der Waals surface area contributed by atoms with Crippen LogP contribution >= 0.6 is 38.5 Å². The number of carbonyl (C=O) groups is 4. The van der Waals surface area contributed by atoms with Gasteiger partial charge in [0.2, 0.25) is 0 Å². The number of amides is 4. The van der Waals surface area contributed by atoms with Crippen LogP contribution in [0.3, 0.4) is 0 Å². The number of ether oxygens (including phenoxy) is 2. The van der Waals surface area contributed by atoms with Gasteiger partial charge in [0.15, 0.2) is 0 Å². The van der Waals surface area contributed by atoms with E-state index in [0.717, 1.165) is 24.1 Å². The van der Waals surface area contributed by atoms with Gasteiger partial charge in [-0.2, -0.15) is 0 Å². The number of carbonyl (C=O) groups excluding carboxylic acids is 4. The molecule has 1 heterocycles. The van der Waals surface area contributed by atoms with Gasteiger partial charge in [0, 0.05) is 20.0 Å². The van der Waals surface area contributed by atoms with Crippen molar-refractivity contribution in [3.63, 3.8) is 0 Å². The minimum Gasteiger partial charge on any atom is -0.494 e. The smallest absolute Gasteiger partial charge is 0.337 e. The summed E-state index contributed by atoms with van der Waals surface area (Å²) in [4.78, 5) is 51.1. The van der Waals surface area contributed by atoms with Crippen LogP contribution in [0.25, 0.3) is 6.08 Å². The van der Waals surface area contributed by atoms with Crippen LogP contribution in [-0.4, -0.2) is 37.5 Å². The van der Waals surface area contributed by atoms with Gasteiger partial charge in [-0.3, -0.25) is 14.9 Å². The molecule has 3 aromatic carbocycles. The lowest BCUT2D eigenvalue weighted by Crippen LogP contribution is -2.54. The Morgan fingerprint density at radius 2 is 1.79 bits per heavy atom. The van der Waals surface area contributed by atoms with Crippen LogP contribution in [0.1, 0.15) is 34.0 Å². The Kier molecular flexibility index (Phi) is 8.62. The number of benzene rings is 3. The van der Waals surface area contributed by atoms with Crippen molar-refractivity contribution in [2.75, 3.05) is 18.6 Å². The predicted octanol–water partition coefficient (Wildman–Crippen LogP) is 5.50. The number of hydrogen-bond acceptors (Lipinski definition) is 6. The highest BCUT2D eigenvalue weighted by atomic mass is 127. The van der Waals surface area contributed by atoms with Crippen molar-refractivity contribution in [3.05, 3.63) is 96.5 Å². The summed E-state index contributed by atoms with van der Waals surface area (Å²) in [6, 6.07) is 16.4. The van der Waals surface area contributed by atoms with Crippen molar-refractivity contribution in [1.29, 1.82) is 0 Å². The molecule has 0 unspecified atom stereocenters. The molecule has 4 rings (SSSR count). The molecule has 0 saturated carbocycles. The number of esters is 1. The van der Waals surface area contributed by atoms with Gasteiger partial charge in [-0.05, 0) is 89.2 Å². The number of urea groups is 1. The Morgan fingerprint density at radius 1 is 1.08 bits per heavy atom. The summed E-state index contributed by atoms with van der Waals surface area (Å²) in [5.41, 5.74) is 2.89. The van der Waals surface area contributed by atoms with Crippen LogP contribution in [0.2, 0.25) is 0 Å². The SMILES string of the molecule is CCOc1cc(/C=C2\C(=O)NC(=O)N(c3ccc(C(=O)OC)cc3)C2=O)cc(I)c1Cc1ccccc1Br. The van der Waals surface area contributed by atoms with Crippen LogP contribution in [-0.2, 0) is 20.7 Å². The van der Waals surface area contributed by atoms with Crippen molar-refractivity contribution < 1.29 is 28.7 Å². The zero-order chi connectivity index (χ0) is 27.4. The molecule has 38 heavy (non-hydrogen) atoms. The largest absolute Gasteiger partial charge is 0.494 e. The molecule has 1 aliphatic rings. The summed E-state index contributed by atoms with van der Waals surface area (Å²) < 4.78 is 12.5. The van der Waals surface area contributed by atoms with E-state index in [1.54, 1.807) is 6.07 Å². The molecule has 0 bridgehead atoms. The fraction of sp³-hybridized carbons (Fsp3) is 0.143. The molecule has 1 aliphatic heterocycles. The van der Waals surface area contributed by atoms with Crippen molar-refractivity contribution in [1.82, 2.24) is 5.32 Å². The summed E-state index contributed by atoms with van der Waals surface area (Å²) in [6.45, 7) is 2.32. The topological polar surface area (TPSA) is 102 Å².